The molecule has 2 heterocycles. The van der Waals surface area contributed by atoms with Crippen LogP contribution in [0.3, 0.4) is 0 Å². The first-order valence-electron chi connectivity index (χ1n) is 11.8. The largest absolute Gasteiger partial charge is 0.497 e. The Morgan fingerprint density at radius 3 is 2.37 bits per heavy atom. The zero-order chi connectivity index (χ0) is 26.5. The van der Waals surface area contributed by atoms with Crippen LogP contribution < -0.4 is 18.9 Å². The molecule has 0 aromatic heterocycles. The number of fused-ring (bicyclic) bond motifs is 1. The van der Waals surface area contributed by atoms with Crippen LogP contribution in [0, 0.1) is 5.41 Å². The fraction of sp³-hybridized carbons (Fsp3) is 0.138. The quantitative estimate of drug-likeness (QED) is 0.292. The third-order valence-corrected chi connectivity index (χ3v) is 6.68. The van der Waals surface area contributed by atoms with Crippen molar-refractivity contribution in [1.82, 2.24) is 4.90 Å². The average Bonchev–Trinajstić information content (AvgIpc) is 3.38. The molecule has 0 unspecified atom stereocenters. The van der Waals surface area contributed by atoms with E-state index in [1.165, 1.54) is 11.8 Å². The predicted octanol–water partition coefficient (Wildman–Crippen LogP) is 5.47. The van der Waals surface area contributed by atoms with Crippen molar-refractivity contribution in [2.45, 2.75) is 0 Å². The first-order valence-corrected chi connectivity index (χ1v) is 12.7. The van der Waals surface area contributed by atoms with Crippen LogP contribution in [0.4, 0.5) is 0 Å². The van der Waals surface area contributed by atoms with Crippen molar-refractivity contribution in [2.75, 3.05) is 27.4 Å². The second kappa shape index (κ2) is 11.3. The van der Waals surface area contributed by atoms with E-state index in [0.29, 0.717) is 35.4 Å². The fourth-order valence-electron chi connectivity index (χ4n) is 3.96. The Bertz CT molecular complexity index is 1450. The van der Waals surface area contributed by atoms with Crippen LogP contribution in [0.5, 0.6) is 23.0 Å². The number of carbonyl (C=O) groups is 1. The number of carbonyl (C=O) groups excluding carboxylic acids is 1. The Balaban J connectivity index is 1.28. The lowest BCUT2D eigenvalue weighted by Crippen LogP contribution is -2.38. The lowest BCUT2D eigenvalue weighted by atomic mass is 10.1. The zero-order valence-electron chi connectivity index (χ0n) is 20.8. The van der Waals surface area contributed by atoms with Crippen molar-refractivity contribution >= 4 is 40.4 Å². The van der Waals surface area contributed by atoms with Gasteiger partial charge in [-0.1, -0.05) is 48.2 Å². The molecule has 0 atom stereocenters. The molecule has 3 aromatic carbocycles. The molecule has 0 spiro atoms. The molecule has 3 aromatic rings. The molecule has 2 aliphatic rings. The van der Waals surface area contributed by atoms with Gasteiger partial charge in [0.05, 0.1) is 25.5 Å². The molecule has 0 bridgehead atoms. The number of hydrogen-bond acceptors (Lipinski definition) is 7. The van der Waals surface area contributed by atoms with Crippen LogP contribution in [-0.4, -0.2) is 49.2 Å². The number of amidine groups is 2. The first kappa shape index (κ1) is 25.2. The van der Waals surface area contributed by atoms with E-state index in [1.807, 2.05) is 66.1 Å². The van der Waals surface area contributed by atoms with E-state index >= 15 is 0 Å². The molecular formula is C29H25N3O5S. The Morgan fingerprint density at radius 2 is 1.63 bits per heavy atom. The summed E-state index contributed by atoms with van der Waals surface area (Å²) in [7, 11) is 3.17. The number of nitrogens with one attached hydrogen (secondary N) is 1. The van der Waals surface area contributed by atoms with E-state index < -0.39 is 5.91 Å². The van der Waals surface area contributed by atoms with Crippen molar-refractivity contribution in [3.8, 4) is 23.0 Å². The van der Waals surface area contributed by atoms with Gasteiger partial charge >= 0.3 is 0 Å². The second-order valence-corrected chi connectivity index (χ2v) is 9.05. The van der Waals surface area contributed by atoms with Crippen LogP contribution in [0.25, 0.3) is 11.8 Å². The van der Waals surface area contributed by atoms with Gasteiger partial charge in [-0.3, -0.25) is 15.1 Å². The van der Waals surface area contributed by atoms with Crippen molar-refractivity contribution in [3.05, 3.63) is 94.9 Å². The highest BCUT2D eigenvalue weighted by Crippen LogP contribution is 2.37. The number of amides is 1. The van der Waals surface area contributed by atoms with Crippen LogP contribution in [-0.2, 0) is 4.79 Å². The maximum Gasteiger partial charge on any atom is 0.283 e. The smallest absolute Gasteiger partial charge is 0.283 e. The number of hydrogen-bond donors (Lipinski definition) is 1. The molecule has 2 aliphatic heterocycles. The molecule has 192 valence electrons. The highest BCUT2D eigenvalue weighted by molar-refractivity contribution is 8.17. The third kappa shape index (κ3) is 5.28. The molecular weight excluding hydrogens is 502 g/mol. The summed E-state index contributed by atoms with van der Waals surface area (Å²) in [6, 6.07) is 22.4. The van der Waals surface area contributed by atoms with E-state index in [4.69, 9.17) is 24.4 Å². The van der Waals surface area contributed by atoms with E-state index in [9.17, 15) is 4.79 Å². The molecule has 0 saturated carbocycles. The van der Waals surface area contributed by atoms with E-state index in [0.717, 1.165) is 22.8 Å². The Labute approximate surface area is 224 Å². The molecule has 5 rings (SSSR count). The summed E-state index contributed by atoms with van der Waals surface area (Å²) >= 11 is 1.34. The van der Waals surface area contributed by atoms with Crippen LogP contribution in [0.15, 0.2) is 88.8 Å². The number of aliphatic imine (C=N–C) groups is 1. The standard InChI is InChI=1S/C29H25N3O5S/c1-34-21-9-11-22(12-10-21)36-14-15-37-25-13-8-19(17-26(25)35-2)16-23-27(30)32-24(20-6-4-3-5-7-20)18-38-29(32)31-28(23)33/h3-13,16-18,30H,14-15H2,1-2H3/b23-16-,30-27?. The Hall–Kier alpha value is -4.50. The van der Waals surface area contributed by atoms with Gasteiger partial charge in [-0.2, -0.15) is 4.99 Å². The third-order valence-electron chi connectivity index (χ3n) is 5.85. The minimum atomic E-state index is -0.452. The van der Waals surface area contributed by atoms with Gasteiger partial charge in [0, 0.05) is 5.41 Å². The normalized spacial score (nSPS) is 15.6. The SMILES string of the molecule is COc1ccc(OCCOc2ccc(/C=C3/C(=N)N4C(c5ccccc5)=CSC4=NC3=O)cc2OC)cc1. The maximum atomic E-state index is 12.8. The van der Waals surface area contributed by atoms with Gasteiger partial charge in [-0.05, 0) is 53.6 Å². The highest BCUT2D eigenvalue weighted by Gasteiger charge is 2.36. The lowest BCUT2D eigenvalue weighted by molar-refractivity contribution is -0.114. The van der Waals surface area contributed by atoms with Crippen molar-refractivity contribution in [3.63, 3.8) is 0 Å². The Morgan fingerprint density at radius 1 is 0.895 bits per heavy atom. The summed E-state index contributed by atoms with van der Waals surface area (Å²) in [4.78, 5) is 18.7. The van der Waals surface area contributed by atoms with Gasteiger partial charge in [0.1, 0.15) is 30.5 Å². The number of benzene rings is 3. The number of thioether (sulfide) groups is 1. The van der Waals surface area contributed by atoms with Gasteiger partial charge in [-0.15, -0.1) is 0 Å². The summed E-state index contributed by atoms with van der Waals surface area (Å²) in [6.07, 6.45) is 1.65. The maximum absolute atomic E-state index is 12.8. The molecule has 0 radical (unpaired) electrons. The summed E-state index contributed by atoms with van der Waals surface area (Å²) in [5.41, 5.74) is 2.65. The monoisotopic (exact) mass is 527 g/mol. The molecule has 0 aliphatic carbocycles. The van der Waals surface area contributed by atoms with Crippen molar-refractivity contribution < 1.29 is 23.7 Å². The summed E-state index contributed by atoms with van der Waals surface area (Å²) < 4.78 is 22.2. The number of rotatable bonds is 9. The van der Waals surface area contributed by atoms with Crippen LogP contribution in [0.1, 0.15) is 11.1 Å². The molecule has 38 heavy (non-hydrogen) atoms. The Kier molecular flexibility index (Phi) is 7.46. The minimum absolute atomic E-state index is 0.0788. The molecule has 0 saturated heterocycles. The first-order chi connectivity index (χ1) is 18.6. The van der Waals surface area contributed by atoms with Gasteiger partial charge in [0.2, 0.25) is 0 Å². The van der Waals surface area contributed by atoms with Crippen LogP contribution in [0.2, 0.25) is 0 Å². The second-order valence-electron chi connectivity index (χ2n) is 8.21. The highest BCUT2D eigenvalue weighted by atomic mass is 32.2. The number of nitrogens with zero attached hydrogens (tertiary/aromatic N) is 2. The van der Waals surface area contributed by atoms with Gasteiger partial charge in [0.15, 0.2) is 16.7 Å². The van der Waals surface area contributed by atoms with Crippen molar-refractivity contribution in [2.24, 2.45) is 4.99 Å². The number of ether oxygens (including phenoxy) is 4. The molecule has 9 heteroatoms. The molecule has 1 amide bonds. The minimum Gasteiger partial charge on any atom is -0.497 e. The molecule has 8 nitrogen and oxygen atoms in total. The van der Waals surface area contributed by atoms with Crippen LogP contribution >= 0.6 is 11.8 Å². The molecule has 1 N–H and O–H groups in total. The van der Waals surface area contributed by atoms with E-state index in [-0.39, 0.29) is 11.4 Å². The lowest BCUT2D eigenvalue weighted by Gasteiger charge is -2.27. The van der Waals surface area contributed by atoms with Gasteiger partial charge in [-0.25, -0.2) is 0 Å². The van der Waals surface area contributed by atoms with E-state index in [1.54, 1.807) is 37.3 Å². The van der Waals surface area contributed by atoms with Gasteiger partial charge < -0.3 is 18.9 Å². The zero-order valence-corrected chi connectivity index (χ0v) is 21.7. The number of methoxy groups -OCH3 is 2. The molecule has 0 fully saturated rings. The summed E-state index contributed by atoms with van der Waals surface area (Å²) in [6.45, 7) is 0.656. The average molecular weight is 528 g/mol. The van der Waals surface area contributed by atoms with Gasteiger partial charge in [0.25, 0.3) is 5.91 Å². The fourth-order valence-corrected chi connectivity index (χ4v) is 4.85. The topological polar surface area (TPSA) is 93.4 Å². The summed E-state index contributed by atoms with van der Waals surface area (Å²) in [5, 5.41) is 11.2. The summed E-state index contributed by atoms with van der Waals surface area (Å²) in [5.74, 6) is 2.16. The predicted molar refractivity (Wildman–Crippen MR) is 149 cm³/mol. The van der Waals surface area contributed by atoms with E-state index in [2.05, 4.69) is 4.99 Å². The van der Waals surface area contributed by atoms with Crippen molar-refractivity contribution in [1.29, 1.82) is 5.41 Å².